The van der Waals surface area contributed by atoms with Crippen LogP contribution in [0.15, 0.2) is 0 Å². The predicted octanol–water partition coefficient (Wildman–Crippen LogP) is 4.00. The number of hydrogen-bond donors (Lipinski definition) is 0. The minimum absolute atomic E-state index is 0.779. The van der Waals surface area contributed by atoms with Crippen LogP contribution in [0.25, 0.3) is 0 Å². The second kappa shape index (κ2) is 8.37. The van der Waals surface area contributed by atoms with Gasteiger partial charge in [-0.15, -0.1) is 0 Å². The first-order chi connectivity index (χ1) is 6.06. The SMILES string of the molecule is CSC(C)CSC(C)CSC(C)C. The van der Waals surface area contributed by atoms with Crippen molar-refractivity contribution in [3.8, 4) is 0 Å². The van der Waals surface area contributed by atoms with Crippen LogP contribution < -0.4 is 0 Å². The molecule has 0 amide bonds. The van der Waals surface area contributed by atoms with Crippen molar-refractivity contribution in [1.29, 1.82) is 0 Å². The maximum absolute atomic E-state index is 2.34. The van der Waals surface area contributed by atoms with Crippen molar-refractivity contribution in [3.63, 3.8) is 0 Å². The molecule has 80 valence electrons. The molecule has 2 atom stereocenters. The van der Waals surface area contributed by atoms with Crippen molar-refractivity contribution in [3.05, 3.63) is 0 Å². The van der Waals surface area contributed by atoms with E-state index in [2.05, 4.69) is 57.5 Å². The molecule has 0 nitrogen and oxygen atoms in total. The minimum Gasteiger partial charge on any atom is -0.161 e. The fourth-order valence-corrected chi connectivity index (χ4v) is 3.40. The van der Waals surface area contributed by atoms with Gasteiger partial charge in [-0.25, -0.2) is 0 Å². The summed E-state index contributed by atoms with van der Waals surface area (Å²) in [6.07, 6.45) is 2.19. The Hall–Kier alpha value is 1.05. The molecule has 0 rings (SSSR count). The lowest BCUT2D eigenvalue weighted by Gasteiger charge is -2.14. The van der Waals surface area contributed by atoms with E-state index < -0.39 is 0 Å². The largest absolute Gasteiger partial charge is 0.161 e. The first kappa shape index (κ1) is 14.1. The Morgan fingerprint density at radius 2 is 1.38 bits per heavy atom. The molecule has 0 aromatic carbocycles. The van der Waals surface area contributed by atoms with E-state index in [0.29, 0.717) is 0 Å². The van der Waals surface area contributed by atoms with Crippen LogP contribution in [0, 0.1) is 0 Å². The quantitative estimate of drug-likeness (QED) is 0.658. The zero-order valence-corrected chi connectivity index (χ0v) is 11.8. The molecular formula is C10H22S3. The summed E-state index contributed by atoms with van der Waals surface area (Å²) in [5, 5.41) is 2.39. The molecule has 0 saturated heterocycles. The number of rotatable bonds is 7. The number of hydrogen-bond acceptors (Lipinski definition) is 3. The van der Waals surface area contributed by atoms with E-state index in [-0.39, 0.29) is 0 Å². The van der Waals surface area contributed by atoms with Crippen LogP contribution in [0.4, 0.5) is 0 Å². The minimum atomic E-state index is 0.779. The molecule has 0 fully saturated rings. The molecule has 0 aromatic rings. The second-order valence-corrected chi connectivity index (χ2v) is 7.93. The fourth-order valence-electron chi connectivity index (χ4n) is 0.744. The third kappa shape index (κ3) is 9.36. The number of thioether (sulfide) groups is 3. The molecular weight excluding hydrogens is 216 g/mol. The average Bonchev–Trinajstić information content (AvgIpc) is 2.10. The van der Waals surface area contributed by atoms with Gasteiger partial charge in [-0.05, 0) is 11.5 Å². The Labute approximate surface area is 96.4 Å². The van der Waals surface area contributed by atoms with E-state index in [0.717, 1.165) is 15.7 Å². The lowest BCUT2D eigenvalue weighted by molar-refractivity contribution is 1.06. The highest BCUT2D eigenvalue weighted by atomic mass is 32.2. The van der Waals surface area contributed by atoms with Gasteiger partial charge in [0.15, 0.2) is 0 Å². The summed E-state index contributed by atoms with van der Waals surface area (Å²) in [4.78, 5) is 0. The predicted molar refractivity (Wildman–Crippen MR) is 72.5 cm³/mol. The molecule has 0 aliphatic carbocycles. The molecule has 0 saturated carbocycles. The molecule has 0 aromatic heterocycles. The van der Waals surface area contributed by atoms with E-state index >= 15 is 0 Å². The van der Waals surface area contributed by atoms with E-state index in [4.69, 9.17) is 0 Å². The average molecular weight is 238 g/mol. The normalized spacial score (nSPS) is 16.2. The van der Waals surface area contributed by atoms with Crippen LogP contribution in [-0.2, 0) is 0 Å². The van der Waals surface area contributed by atoms with Crippen molar-refractivity contribution in [2.45, 2.75) is 43.4 Å². The smallest absolute Gasteiger partial charge is 0.0110 e. The Morgan fingerprint density at radius 3 is 1.85 bits per heavy atom. The van der Waals surface area contributed by atoms with Gasteiger partial charge in [0.1, 0.15) is 0 Å². The fraction of sp³-hybridized carbons (Fsp3) is 1.00. The molecule has 3 heteroatoms. The summed E-state index contributed by atoms with van der Waals surface area (Å²) in [5.41, 5.74) is 0. The molecule has 2 unspecified atom stereocenters. The summed E-state index contributed by atoms with van der Waals surface area (Å²) >= 11 is 6.14. The van der Waals surface area contributed by atoms with Crippen molar-refractivity contribution in [1.82, 2.24) is 0 Å². The topological polar surface area (TPSA) is 0 Å². The molecule has 0 aliphatic heterocycles. The molecule has 0 radical (unpaired) electrons. The van der Waals surface area contributed by atoms with Gasteiger partial charge in [0.05, 0.1) is 0 Å². The van der Waals surface area contributed by atoms with Gasteiger partial charge in [0, 0.05) is 22.0 Å². The first-order valence-electron chi connectivity index (χ1n) is 4.82. The van der Waals surface area contributed by atoms with Crippen molar-refractivity contribution >= 4 is 35.3 Å². The first-order valence-corrected chi connectivity index (χ1v) is 8.20. The Morgan fingerprint density at radius 1 is 0.846 bits per heavy atom. The zero-order chi connectivity index (χ0) is 10.3. The second-order valence-electron chi connectivity index (χ2n) is 3.57. The highest BCUT2D eigenvalue weighted by molar-refractivity contribution is 8.05. The standard InChI is InChI=1S/C10H22S3/c1-8(2)12-7-10(4)13-6-9(3)11-5/h8-10H,6-7H2,1-5H3. The van der Waals surface area contributed by atoms with Gasteiger partial charge in [-0.3, -0.25) is 0 Å². The molecule has 0 bridgehead atoms. The highest BCUT2D eigenvalue weighted by Crippen LogP contribution is 2.22. The summed E-state index contributed by atoms with van der Waals surface area (Å²) in [5.74, 6) is 2.59. The highest BCUT2D eigenvalue weighted by Gasteiger charge is 2.06. The molecule has 13 heavy (non-hydrogen) atoms. The Kier molecular flexibility index (Phi) is 9.04. The van der Waals surface area contributed by atoms with Crippen LogP contribution in [0.1, 0.15) is 27.7 Å². The van der Waals surface area contributed by atoms with Crippen LogP contribution in [0.5, 0.6) is 0 Å². The van der Waals surface area contributed by atoms with Gasteiger partial charge < -0.3 is 0 Å². The van der Waals surface area contributed by atoms with Gasteiger partial charge >= 0.3 is 0 Å². The van der Waals surface area contributed by atoms with Crippen LogP contribution in [0.2, 0.25) is 0 Å². The van der Waals surface area contributed by atoms with E-state index in [9.17, 15) is 0 Å². The summed E-state index contributed by atoms with van der Waals surface area (Å²) in [7, 11) is 0. The summed E-state index contributed by atoms with van der Waals surface area (Å²) in [6.45, 7) is 9.19. The van der Waals surface area contributed by atoms with Crippen LogP contribution in [-0.4, -0.2) is 33.5 Å². The summed E-state index contributed by atoms with van der Waals surface area (Å²) < 4.78 is 0. The maximum Gasteiger partial charge on any atom is 0.0110 e. The lowest BCUT2D eigenvalue weighted by atomic mass is 10.5. The van der Waals surface area contributed by atoms with Gasteiger partial charge in [-0.1, -0.05) is 27.7 Å². The van der Waals surface area contributed by atoms with Crippen LogP contribution in [0.3, 0.4) is 0 Å². The maximum atomic E-state index is 2.34. The van der Waals surface area contributed by atoms with Gasteiger partial charge in [0.2, 0.25) is 0 Å². The Balaban J connectivity index is 3.34. The monoisotopic (exact) mass is 238 g/mol. The third-order valence-electron chi connectivity index (χ3n) is 1.68. The Bertz CT molecular complexity index is 115. The van der Waals surface area contributed by atoms with Crippen molar-refractivity contribution in [2.24, 2.45) is 0 Å². The summed E-state index contributed by atoms with van der Waals surface area (Å²) in [6, 6.07) is 0. The zero-order valence-electron chi connectivity index (χ0n) is 9.37. The van der Waals surface area contributed by atoms with E-state index in [1.807, 2.05) is 11.8 Å². The third-order valence-corrected chi connectivity index (χ3v) is 5.86. The van der Waals surface area contributed by atoms with E-state index in [1.54, 1.807) is 0 Å². The van der Waals surface area contributed by atoms with Gasteiger partial charge in [-0.2, -0.15) is 35.3 Å². The van der Waals surface area contributed by atoms with Crippen molar-refractivity contribution in [2.75, 3.05) is 17.8 Å². The van der Waals surface area contributed by atoms with Crippen molar-refractivity contribution < 1.29 is 0 Å². The molecule has 0 heterocycles. The molecule has 0 N–H and O–H groups in total. The van der Waals surface area contributed by atoms with Crippen LogP contribution >= 0.6 is 35.3 Å². The van der Waals surface area contributed by atoms with E-state index in [1.165, 1.54) is 11.5 Å². The lowest BCUT2D eigenvalue weighted by Crippen LogP contribution is -2.08. The van der Waals surface area contributed by atoms with Gasteiger partial charge in [0.25, 0.3) is 0 Å². The molecule has 0 aliphatic rings. The molecule has 0 spiro atoms.